The average Bonchev–Trinajstić information content (AvgIpc) is 2.88. The Morgan fingerprint density at radius 3 is 3.00 bits per heavy atom. The van der Waals surface area contributed by atoms with Crippen LogP contribution in [-0.4, -0.2) is 30.5 Å². The largest absolute Gasteiger partial charge is 0.337 e. The molecule has 0 saturated carbocycles. The van der Waals surface area contributed by atoms with Crippen molar-refractivity contribution in [2.45, 2.75) is 13.5 Å². The lowest BCUT2D eigenvalue weighted by Crippen LogP contribution is -2.04. The van der Waals surface area contributed by atoms with Crippen molar-refractivity contribution in [3.05, 3.63) is 30.4 Å². The second-order valence-corrected chi connectivity index (χ2v) is 2.75. The van der Waals surface area contributed by atoms with Gasteiger partial charge in [0.1, 0.15) is 12.0 Å². The minimum Gasteiger partial charge on any atom is -0.337 e. The highest BCUT2D eigenvalue weighted by molar-refractivity contribution is 6.04. The molecule has 14 heavy (non-hydrogen) atoms. The molecule has 0 aromatic carbocycles. The van der Waals surface area contributed by atoms with E-state index in [-0.39, 0.29) is 11.6 Å². The van der Waals surface area contributed by atoms with Crippen LogP contribution in [0, 0.1) is 0 Å². The molecule has 6 nitrogen and oxygen atoms in total. The molecule has 0 aliphatic heterocycles. The lowest BCUT2D eigenvalue weighted by atomic mass is 10.3. The number of aryl methyl sites for hydroxylation is 1. The first-order chi connectivity index (χ1) is 6.81. The van der Waals surface area contributed by atoms with Gasteiger partial charge >= 0.3 is 0 Å². The molecular formula is C8H9N5O. The standard InChI is InChI=1S/C8H9N5O/c1-2-13-3-6(10-5-13)7(14)8-9-4-11-12-8/h3-5H,2H2,1H3,(H,9,11,12). The molecule has 0 fully saturated rings. The second-order valence-electron chi connectivity index (χ2n) is 2.75. The van der Waals surface area contributed by atoms with Gasteiger partial charge in [-0.05, 0) is 6.92 Å². The fraction of sp³-hybridized carbons (Fsp3) is 0.250. The molecule has 0 atom stereocenters. The van der Waals surface area contributed by atoms with Crippen LogP contribution in [0.5, 0.6) is 0 Å². The van der Waals surface area contributed by atoms with Crippen molar-refractivity contribution in [2.24, 2.45) is 0 Å². The molecule has 0 amide bonds. The smallest absolute Gasteiger partial charge is 0.249 e. The van der Waals surface area contributed by atoms with E-state index in [2.05, 4.69) is 20.2 Å². The first kappa shape index (κ1) is 8.61. The fourth-order valence-corrected chi connectivity index (χ4v) is 1.09. The van der Waals surface area contributed by atoms with E-state index in [0.717, 1.165) is 6.54 Å². The predicted octanol–water partition coefficient (Wildman–Crippen LogP) is 0.252. The Morgan fingerprint density at radius 1 is 1.57 bits per heavy atom. The fourth-order valence-electron chi connectivity index (χ4n) is 1.09. The van der Waals surface area contributed by atoms with Gasteiger partial charge in [-0.1, -0.05) is 0 Å². The van der Waals surface area contributed by atoms with Gasteiger partial charge in [0.05, 0.1) is 6.33 Å². The van der Waals surface area contributed by atoms with Gasteiger partial charge in [0.15, 0.2) is 5.82 Å². The molecule has 0 bridgehead atoms. The predicted molar refractivity (Wildman–Crippen MR) is 47.7 cm³/mol. The molecule has 2 rings (SSSR count). The van der Waals surface area contributed by atoms with Crippen molar-refractivity contribution in [3.63, 3.8) is 0 Å². The normalized spacial score (nSPS) is 10.4. The number of imidazole rings is 1. The lowest BCUT2D eigenvalue weighted by molar-refractivity contribution is 0.102. The van der Waals surface area contributed by atoms with Gasteiger partial charge in [-0.3, -0.25) is 9.89 Å². The Bertz CT molecular complexity index is 430. The van der Waals surface area contributed by atoms with E-state index in [9.17, 15) is 4.79 Å². The van der Waals surface area contributed by atoms with E-state index >= 15 is 0 Å². The van der Waals surface area contributed by atoms with E-state index in [4.69, 9.17) is 0 Å². The number of rotatable bonds is 3. The van der Waals surface area contributed by atoms with E-state index in [1.807, 2.05) is 11.5 Å². The van der Waals surface area contributed by atoms with Crippen LogP contribution in [0.4, 0.5) is 0 Å². The third-order valence-electron chi connectivity index (χ3n) is 1.86. The number of H-pyrrole nitrogens is 1. The molecular weight excluding hydrogens is 182 g/mol. The van der Waals surface area contributed by atoms with Crippen LogP contribution in [0.25, 0.3) is 0 Å². The summed E-state index contributed by atoms with van der Waals surface area (Å²) in [6, 6.07) is 0. The Morgan fingerprint density at radius 2 is 2.43 bits per heavy atom. The number of aromatic amines is 1. The van der Waals surface area contributed by atoms with E-state index in [1.165, 1.54) is 6.33 Å². The van der Waals surface area contributed by atoms with E-state index in [1.54, 1.807) is 12.5 Å². The Hall–Kier alpha value is -1.98. The van der Waals surface area contributed by atoms with Crippen LogP contribution in [0.15, 0.2) is 18.9 Å². The molecule has 0 aliphatic rings. The topological polar surface area (TPSA) is 76.5 Å². The Balaban J connectivity index is 2.28. The SMILES string of the molecule is CCn1cnc(C(=O)c2ncn[nH]2)c1. The summed E-state index contributed by atoms with van der Waals surface area (Å²) in [5, 5.41) is 6.11. The highest BCUT2D eigenvalue weighted by atomic mass is 16.1. The van der Waals surface area contributed by atoms with Gasteiger partial charge in [-0.15, -0.1) is 0 Å². The van der Waals surface area contributed by atoms with Crippen molar-refractivity contribution < 1.29 is 4.79 Å². The molecule has 0 aliphatic carbocycles. The number of carbonyl (C=O) groups is 1. The van der Waals surface area contributed by atoms with Crippen LogP contribution in [0.1, 0.15) is 23.2 Å². The van der Waals surface area contributed by atoms with Crippen LogP contribution >= 0.6 is 0 Å². The number of hydrogen-bond donors (Lipinski definition) is 1. The Kier molecular flexibility index (Phi) is 2.10. The maximum Gasteiger partial charge on any atom is 0.249 e. The summed E-state index contributed by atoms with van der Waals surface area (Å²) < 4.78 is 1.82. The quantitative estimate of drug-likeness (QED) is 0.705. The molecule has 0 unspecified atom stereocenters. The zero-order valence-corrected chi connectivity index (χ0v) is 7.64. The molecule has 0 saturated heterocycles. The summed E-state index contributed by atoms with van der Waals surface area (Å²) in [5.41, 5.74) is 0.378. The van der Waals surface area contributed by atoms with E-state index < -0.39 is 0 Å². The summed E-state index contributed by atoms with van der Waals surface area (Å²) >= 11 is 0. The molecule has 0 spiro atoms. The minimum absolute atomic E-state index is 0.214. The summed E-state index contributed by atoms with van der Waals surface area (Å²) in [6.45, 7) is 2.76. The van der Waals surface area contributed by atoms with Crippen LogP contribution < -0.4 is 0 Å². The van der Waals surface area contributed by atoms with Crippen molar-refractivity contribution in [1.29, 1.82) is 0 Å². The third-order valence-corrected chi connectivity index (χ3v) is 1.86. The van der Waals surface area contributed by atoms with Gasteiger partial charge in [-0.25, -0.2) is 9.97 Å². The summed E-state index contributed by atoms with van der Waals surface area (Å²) in [5.74, 6) is -0.0268. The highest BCUT2D eigenvalue weighted by Gasteiger charge is 2.14. The molecule has 0 radical (unpaired) electrons. The maximum absolute atomic E-state index is 11.6. The lowest BCUT2D eigenvalue weighted by Gasteiger charge is -1.91. The minimum atomic E-state index is -0.241. The first-order valence-corrected chi connectivity index (χ1v) is 4.23. The highest BCUT2D eigenvalue weighted by Crippen LogP contribution is 2.02. The zero-order valence-electron chi connectivity index (χ0n) is 7.64. The molecule has 2 heterocycles. The van der Waals surface area contributed by atoms with Crippen molar-refractivity contribution in [1.82, 2.24) is 24.7 Å². The number of carbonyl (C=O) groups excluding carboxylic acids is 1. The van der Waals surface area contributed by atoms with E-state index in [0.29, 0.717) is 5.69 Å². The van der Waals surface area contributed by atoms with Crippen molar-refractivity contribution in [3.8, 4) is 0 Å². The van der Waals surface area contributed by atoms with Crippen molar-refractivity contribution >= 4 is 5.78 Å². The van der Waals surface area contributed by atoms with Gasteiger partial charge in [-0.2, -0.15) is 5.10 Å². The van der Waals surface area contributed by atoms with Crippen LogP contribution in [0.2, 0.25) is 0 Å². The maximum atomic E-state index is 11.6. The monoisotopic (exact) mass is 191 g/mol. The summed E-state index contributed by atoms with van der Waals surface area (Å²) in [4.78, 5) is 19.4. The third kappa shape index (κ3) is 1.41. The zero-order chi connectivity index (χ0) is 9.97. The van der Waals surface area contributed by atoms with Crippen LogP contribution in [-0.2, 0) is 6.54 Å². The number of nitrogens with zero attached hydrogens (tertiary/aromatic N) is 4. The number of hydrogen-bond acceptors (Lipinski definition) is 4. The number of ketones is 1. The summed E-state index contributed by atoms with van der Waals surface area (Å²) in [6.07, 6.45) is 4.60. The number of nitrogens with one attached hydrogen (secondary N) is 1. The van der Waals surface area contributed by atoms with Gasteiger partial charge in [0.2, 0.25) is 5.78 Å². The van der Waals surface area contributed by atoms with Gasteiger partial charge in [0, 0.05) is 12.7 Å². The molecule has 6 heteroatoms. The van der Waals surface area contributed by atoms with Crippen molar-refractivity contribution in [2.75, 3.05) is 0 Å². The summed E-state index contributed by atoms with van der Waals surface area (Å²) in [7, 11) is 0. The molecule has 2 aromatic rings. The second kappa shape index (κ2) is 3.41. The first-order valence-electron chi connectivity index (χ1n) is 4.23. The van der Waals surface area contributed by atoms with Crippen LogP contribution in [0.3, 0.4) is 0 Å². The Labute approximate surface area is 80.0 Å². The average molecular weight is 191 g/mol. The van der Waals surface area contributed by atoms with Gasteiger partial charge < -0.3 is 4.57 Å². The molecule has 2 aromatic heterocycles. The molecule has 1 N–H and O–H groups in total. The molecule has 72 valence electrons. The van der Waals surface area contributed by atoms with Gasteiger partial charge in [0.25, 0.3) is 0 Å². The number of aromatic nitrogens is 5.